The molecule has 0 fully saturated rings. The van der Waals surface area contributed by atoms with Crippen molar-refractivity contribution in [3.63, 3.8) is 0 Å². The maximum absolute atomic E-state index is 9.46. The van der Waals surface area contributed by atoms with Gasteiger partial charge in [0, 0.05) is 0 Å². The van der Waals surface area contributed by atoms with E-state index in [0.717, 1.165) is 0 Å². The van der Waals surface area contributed by atoms with Crippen molar-refractivity contribution in [3.05, 3.63) is 0 Å². The SMILES string of the molecule is B[C](=O)[Gd]. The second kappa shape index (κ2) is 2.31. The fraction of sp³-hybridized carbons (Fsp3) is 0. The zero-order valence-electron chi connectivity index (χ0n) is 2.26. The van der Waals surface area contributed by atoms with Crippen LogP contribution in [0.25, 0.3) is 0 Å². The second-order valence-electron chi connectivity index (χ2n) is 0.453. The van der Waals surface area contributed by atoms with Gasteiger partial charge < -0.3 is 0 Å². The molecule has 0 aliphatic carbocycles. The summed E-state index contributed by atoms with van der Waals surface area (Å²) in [5.74, 6) is 0. The summed E-state index contributed by atoms with van der Waals surface area (Å²) in [6.45, 7) is 0. The molecule has 23 valence electrons. The first-order valence-electron chi connectivity index (χ1n) is 0.881. The van der Waals surface area contributed by atoms with E-state index in [-0.39, 0.29) is 1.46 Å². The van der Waals surface area contributed by atoms with Crippen molar-refractivity contribution in [2.24, 2.45) is 0 Å². The van der Waals surface area contributed by atoms with E-state index in [1.54, 1.807) is 7.85 Å². The summed E-state index contributed by atoms with van der Waals surface area (Å²) < 4.78 is 0.194. The summed E-state index contributed by atoms with van der Waals surface area (Å²) in [5.41, 5.74) is 0. The van der Waals surface area contributed by atoms with Crippen LogP contribution in [-0.4, -0.2) is 9.31 Å². The van der Waals surface area contributed by atoms with Crippen LogP contribution in [0.4, 0.5) is 4.79 Å². The molecule has 0 saturated heterocycles. The van der Waals surface area contributed by atoms with Crippen molar-refractivity contribution in [1.82, 2.24) is 0 Å². The molecule has 0 N–H and O–H groups in total. The molecule has 0 radical (unpaired) electrons. The molecule has 0 aliphatic heterocycles. The van der Waals surface area contributed by atoms with E-state index in [0.29, 0.717) is 0 Å². The molecule has 0 spiro atoms. The van der Waals surface area contributed by atoms with Crippen LogP contribution in [0.1, 0.15) is 0 Å². The van der Waals surface area contributed by atoms with Crippen molar-refractivity contribution in [2.45, 2.75) is 0 Å². The van der Waals surface area contributed by atoms with Crippen LogP contribution < -0.4 is 0 Å². The standard InChI is InChI=1S/CH2BO.Gd/c2-1-3;/h2H2;. The fourth-order valence-electron chi connectivity index (χ4n) is 0. The molecule has 0 amide bonds. The van der Waals surface area contributed by atoms with Gasteiger partial charge in [-0.15, -0.1) is 0 Å². The van der Waals surface area contributed by atoms with Crippen molar-refractivity contribution in [3.8, 4) is 0 Å². The van der Waals surface area contributed by atoms with Gasteiger partial charge in [0.15, 0.2) is 0 Å². The van der Waals surface area contributed by atoms with Gasteiger partial charge in [0.2, 0.25) is 0 Å². The number of carbonyl (C=O) groups excluding carboxylic acids is 1. The van der Waals surface area contributed by atoms with Gasteiger partial charge in [-0.25, -0.2) is 0 Å². The van der Waals surface area contributed by atoms with E-state index in [9.17, 15) is 4.79 Å². The summed E-state index contributed by atoms with van der Waals surface area (Å²) in [7, 11) is 1.54. The molecule has 0 aromatic rings. The van der Waals surface area contributed by atoms with E-state index in [2.05, 4.69) is 0 Å². The maximum atomic E-state index is 9.46. The third kappa shape index (κ3) is 11.6. The Balaban J connectivity index is 2.80. The van der Waals surface area contributed by atoms with Crippen molar-refractivity contribution in [2.75, 3.05) is 0 Å². The third-order valence-electron chi connectivity index (χ3n) is 0. The molecule has 0 saturated carbocycles. The van der Waals surface area contributed by atoms with E-state index < -0.39 is 0 Å². The minimum atomic E-state index is 0.194. The van der Waals surface area contributed by atoms with Gasteiger partial charge >= 0.3 is 52.0 Å². The van der Waals surface area contributed by atoms with Crippen molar-refractivity contribution < 1.29 is 42.7 Å². The van der Waals surface area contributed by atoms with Gasteiger partial charge in [-0.1, -0.05) is 0 Å². The predicted molar refractivity (Wildman–Crippen MR) is 13.9 cm³/mol. The van der Waals surface area contributed by atoms with Crippen molar-refractivity contribution in [1.29, 1.82) is 0 Å². The summed E-state index contributed by atoms with van der Waals surface area (Å²) in [5, 5.41) is 0. The molecule has 0 bridgehead atoms. The monoisotopic (exact) mass is 199 g/mol. The molecule has 0 unspecified atom stereocenters. The third-order valence-corrected chi connectivity index (χ3v) is 0. The second-order valence-corrected chi connectivity index (χ2v) is 2.05. The van der Waals surface area contributed by atoms with E-state index in [1.165, 1.54) is 37.9 Å². The molecule has 3 heteroatoms. The Morgan fingerprint density at radius 1 is 2.00 bits per heavy atom. The topological polar surface area (TPSA) is 17.1 Å². The van der Waals surface area contributed by atoms with E-state index in [4.69, 9.17) is 0 Å². The molecule has 4 heavy (non-hydrogen) atoms. The van der Waals surface area contributed by atoms with Gasteiger partial charge in [0.05, 0.1) is 0 Å². The van der Waals surface area contributed by atoms with Crippen LogP contribution in [0.5, 0.6) is 0 Å². The average molecular weight is 198 g/mol. The molecule has 0 rings (SSSR count). The fourth-order valence-corrected chi connectivity index (χ4v) is 0. The normalized spacial score (nSPS) is 6.25. The van der Waals surface area contributed by atoms with Crippen molar-refractivity contribution >= 4 is 9.31 Å². The first-order chi connectivity index (χ1) is 1.73. The van der Waals surface area contributed by atoms with Crippen LogP contribution in [0.2, 0.25) is 0 Å². The summed E-state index contributed by atoms with van der Waals surface area (Å²) in [4.78, 5) is 9.46. The summed E-state index contributed by atoms with van der Waals surface area (Å²) in [6, 6.07) is 0. The molecule has 0 aliphatic rings. The Bertz CT molecular complexity index is 31.0. The van der Waals surface area contributed by atoms with Crippen LogP contribution >= 0.6 is 0 Å². The van der Waals surface area contributed by atoms with Gasteiger partial charge in [0.1, 0.15) is 0 Å². The molecular weight excluding hydrogens is 196 g/mol. The van der Waals surface area contributed by atoms with E-state index >= 15 is 0 Å². The molecule has 1 nitrogen and oxygen atoms in total. The average Bonchev–Trinajstić information content (AvgIpc) is 0.811. The zero-order chi connectivity index (χ0) is 3.58. The zero-order valence-corrected chi connectivity index (χ0v) is 4.53. The number of carbonyl (C=O) groups is 1. The van der Waals surface area contributed by atoms with Gasteiger partial charge in [0.25, 0.3) is 0 Å². The van der Waals surface area contributed by atoms with Crippen LogP contribution in [0.3, 0.4) is 0 Å². The number of hydrogen-bond acceptors (Lipinski definition) is 1. The number of hydrogen-bond donors (Lipinski definition) is 0. The molecule has 0 aromatic heterocycles. The summed E-state index contributed by atoms with van der Waals surface area (Å²) >= 11 is 1.36. The minimum absolute atomic E-state index is 0.194. The first kappa shape index (κ1) is 5.06. The number of rotatable bonds is 0. The van der Waals surface area contributed by atoms with Gasteiger partial charge in [-0.3, -0.25) is 0 Å². The predicted octanol–water partition coefficient (Wildman–Crippen LogP) is -0.711. The molecule has 0 aromatic carbocycles. The Morgan fingerprint density at radius 3 is 2.00 bits per heavy atom. The first-order valence-corrected chi connectivity index (χ1v) is 2.02. The van der Waals surface area contributed by atoms with Crippen LogP contribution in [0, 0.1) is 37.9 Å². The quantitative estimate of drug-likeness (QED) is 0.470. The van der Waals surface area contributed by atoms with Gasteiger partial charge in [-0.05, 0) is 0 Å². The molecule has 0 heterocycles. The summed E-state index contributed by atoms with van der Waals surface area (Å²) in [6.07, 6.45) is 0. The molecule has 0 atom stereocenters. The Labute approximate surface area is 51.5 Å². The molecular formula is CH2BGdO. The van der Waals surface area contributed by atoms with Crippen LogP contribution in [-0.2, 0) is 0 Å². The Kier molecular flexibility index (Phi) is 2.92. The Morgan fingerprint density at radius 2 is 2.00 bits per heavy atom. The Hall–Kier alpha value is 1.06. The van der Waals surface area contributed by atoms with E-state index in [1.807, 2.05) is 0 Å². The van der Waals surface area contributed by atoms with Crippen LogP contribution in [0.15, 0.2) is 0 Å². The van der Waals surface area contributed by atoms with Gasteiger partial charge in [-0.2, -0.15) is 0 Å².